The van der Waals surface area contributed by atoms with Gasteiger partial charge >= 0.3 is 0 Å². The van der Waals surface area contributed by atoms with Crippen LogP contribution in [0.25, 0.3) is 0 Å². The molecule has 1 saturated heterocycles. The van der Waals surface area contributed by atoms with Crippen molar-refractivity contribution in [2.45, 2.75) is 17.4 Å². The van der Waals surface area contributed by atoms with Crippen LogP contribution in [0.1, 0.15) is 12.8 Å². The van der Waals surface area contributed by atoms with Gasteiger partial charge in [-0.2, -0.15) is 0 Å². The Morgan fingerprint density at radius 2 is 2.17 bits per heavy atom. The second kappa shape index (κ2) is 5.89. The van der Waals surface area contributed by atoms with E-state index in [0.717, 1.165) is 6.42 Å². The number of hydrogen-bond donors (Lipinski definition) is 1. The van der Waals surface area contributed by atoms with Gasteiger partial charge in [-0.05, 0) is 30.4 Å². The maximum atomic E-state index is 12.5. The quantitative estimate of drug-likeness (QED) is 0.769. The molecule has 0 spiro atoms. The molecular formula is C8H13FOS2. The molecule has 1 N–H and O–H groups in total. The summed E-state index contributed by atoms with van der Waals surface area (Å²) in [6.45, 7) is -0.456. The van der Waals surface area contributed by atoms with Gasteiger partial charge in [-0.25, -0.2) is 4.39 Å². The minimum absolute atomic E-state index is 0.401. The van der Waals surface area contributed by atoms with E-state index in [1.807, 2.05) is 23.5 Å². The van der Waals surface area contributed by atoms with E-state index in [9.17, 15) is 4.39 Å². The lowest BCUT2D eigenvalue weighted by atomic mass is 10.4. The highest BCUT2D eigenvalue weighted by molar-refractivity contribution is 8.17. The highest BCUT2D eigenvalue weighted by Crippen LogP contribution is 2.33. The van der Waals surface area contributed by atoms with Crippen LogP contribution in [0.3, 0.4) is 0 Å². The van der Waals surface area contributed by atoms with Gasteiger partial charge in [0.2, 0.25) is 0 Å². The number of allylic oxidation sites excluding steroid dienone is 1. The number of thioether (sulfide) groups is 2. The normalized spacial score (nSPS) is 21.3. The monoisotopic (exact) mass is 208 g/mol. The Bertz CT molecular complexity index is 155. The topological polar surface area (TPSA) is 20.2 Å². The Hall–Kier alpha value is 0.330. The van der Waals surface area contributed by atoms with E-state index in [1.54, 1.807) is 0 Å². The molecule has 0 aromatic carbocycles. The van der Waals surface area contributed by atoms with Crippen LogP contribution in [-0.2, 0) is 0 Å². The lowest BCUT2D eigenvalue weighted by molar-refractivity contribution is 0.297. The molecule has 0 aromatic heterocycles. The minimum Gasteiger partial charge on any atom is -0.389 e. The van der Waals surface area contributed by atoms with Crippen molar-refractivity contribution in [1.29, 1.82) is 0 Å². The second-order valence-electron chi connectivity index (χ2n) is 2.57. The number of rotatable bonds is 3. The van der Waals surface area contributed by atoms with Crippen molar-refractivity contribution in [2.75, 3.05) is 18.1 Å². The Balaban J connectivity index is 2.21. The van der Waals surface area contributed by atoms with Crippen molar-refractivity contribution >= 4 is 23.5 Å². The summed E-state index contributed by atoms with van der Waals surface area (Å²) in [5, 5.41) is 8.41. The molecule has 1 aliphatic rings. The standard InChI is InChI=1S/C8H13FOS2/c9-7(6-10)2-3-8-11-4-1-5-12-8/h2,8,10H,1,3-6H2/b7-2-. The molecule has 1 heterocycles. The third-order valence-corrected chi connectivity index (χ3v) is 4.57. The second-order valence-corrected chi connectivity index (χ2v) is 5.49. The molecule has 0 saturated carbocycles. The Morgan fingerprint density at radius 3 is 2.75 bits per heavy atom. The highest BCUT2D eigenvalue weighted by atomic mass is 32.2. The SMILES string of the molecule is OC/C(F)=C/CC1SCCCS1. The van der Waals surface area contributed by atoms with E-state index < -0.39 is 12.4 Å². The zero-order valence-electron chi connectivity index (χ0n) is 6.83. The van der Waals surface area contributed by atoms with E-state index in [2.05, 4.69) is 0 Å². The van der Waals surface area contributed by atoms with Gasteiger partial charge in [0.15, 0.2) is 0 Å². The summed E-state index contributed by atoms with van der Waals surface area (Å²) in [6, 6.07) is 0. The number of aliphatic hydroxyl groups is 1. The summed E-state index contributed by atoms with van der Waals surface area (Å²) < 4.78 is 13.0. The average molecular weight is 208 g/mol. The summed E-state index contributed by atoms with van der Waals surface area (Å²) in [5.74, 6) is 1.97. The van der Waals surface area contributed by atoms with E-state index >= 15 is 0 Å². The molecule has 12 heavy (non-hydrogen) atoms. The molecule has 1 nitrogen and oxygen atoms in total. The van der Waals surface area contributed by atoms with E-state index in [-0.39, 0.29) is 0 Å². The average Bonchev–Trinajstić information content (AvgIpc) is 2.16. The van der Waals surface area contributed by atoms with Crippen molar-refractivity contribution in [3.05, 3.63) is 11.9 Å². The molecule has 0 atom stereocenters. The molecule has 0 bridgehead atoms. The summed E-state index contributed by atoms with van der Waals surface area (Å²) in [4.78, 5) is 0. The molecule has 0 amide bonds. The van der Waals surface area contributed by atoms with Crippen LogP contribution in [0, 0.1) is 0 Å². The van der Waals surface area contributed by atoms with Crippen molar-refractivity contribution in [1.82, 2.24) is 0 Å². The Labute approximate surface area is 80.8 Å². The van der Waals surface area contributed by atoms with Gasteiger partial charge in [-0.3, -0.25) is 0 Å². The van der Waals surface area contributed by atoms with Crippen LogP contribution in [0.4, 0.5) is 4.39 Å². The number of hydrogen-bond acceptors (Lipinski definition) is 3. The zero-order valence-corrected chi connectivity index (χ0v) is 8.46. The fourth-order valence-corrected chi connectivity index (χ4v) is 3.72. The largest absolute Gasteiger partial charge is 0.389 e. The Kier molecular flexibility index (Phi) is 5.11. The lowest BCUT2D eigenvalue weighted by Gasteiger charge is -2.18. The van der Waals surface area contributed by atoms with Gasteiger partial charge < -0.3 is 5.11 Å². The highest BCUT2D eigenvalue weighted by Gasteiger charge is 2.12. The maximum Gasteiger partial charge on any atom is 0.121 e. The van der Waals surface area contributed by atoms with Gasteiger partial charge in [-0.1, -0.05) is 0 Å². The van der Waals surface area contributed by atoms with E-state index in [0.29, 0.717) is 4.58 Å². The van der Waals surface area contributed by atoms with Crippen molar-refractivity contribution < 1.29 is 9.50 Å². The molecule has 0 radical (unpaired) electrons. The van der Waals surface area contributed by atoms with Gasteiger partial charge in [0.1, 0.15) is 5.83 Å². The molecule has 1 aliphatic heterocycles. The van der Waals surface area contributed by atoms with Gasteiger partial charge in [-0.15, -0.1) is 23.5 Å². The van der Waals surface area contributed by atoms with Crippen LogP contribution in [0.5, 0.6) is 0 Å². The minimum atomic E-state index is -0.456. The maximum absolute atomic E-state index is 12.5. The number of aliphatic hydroxyl groups excluding tert-OH is 1. The molecule has 70 valence electrons. The van der Waals surface area contributed by atoms with Gasteiger partial charge in [0, 0.05) is 0 Å². The predicted octanol–water partition coefficient (Wildman–Crippen LogP) is 2.42. The summed E-state index contributed by atoms with van der Waals surface area (Å²) in [7, 11) is 0. The predicted molar refractivity (Wildman–Crippen MR) is 54.2 cm³/mol. The Morgan fingerprint density at radius 1 is 1.50 bits per heavy atom. The first-order valence-corrected chi connectivity index (χ1v) is 6.11. The molecule has 0 unspecified atom stereocenters. The van der Waals surface area contributed by atoms with Gasteiger partial charge in [0.25, 0.3) is 0 Å². The van der Waals surface area contributed by atoms with Crippen LogP contribution in [-0.4, -0.2) is 27.8 Å². The molecule has 0 aromatic rings. The lowest BCUT2D eigenvalue weighted by Crippen LogP contribution is -2.05. The fourth-order valence-electron chi connectivity index (χ4n) is 0.961. The summed E-state index contributed by atoms with van der Waals surface area (Å²) in [6.07, 6.45) is 3.50. The first kappa shape index (κ1) is 10.4. The zero-order chi connectivity index (χ0) is 8.81. The molecule has 1 rings (SSSR count). The van der Waals surface area contributed by atoms with E-state index in [1.165, 1.54) is 24.0 Å². The van der Waals surface area contributed by atoms with Crippen LogP contribution >= 0.6 is 23.5 Å². The smallest absolute Gasteiger partial charge is 0.121 e. The fraction of sp³-hybridized carbons (Fsp3) is 0.750. The third kappa shape index (κ3) is 3.83. The van der Waals surface area contributed by atoms with Crippen LogP contribution in [0.15, 0.2) is 11.9 Å². The molecule has 1 fully saturated rings. The summed E-state index contributed by atoms with van der Waals surface area (Å²) in [5.41, 5.74) is 0. The van der Waals surface area contributed by atoms with Crippen molar-refractivity contribution in [3.63, 3.8) is 0 Å². The molecule has 0 aliphatic carbocycles. The molecular weight excluding hydrogens is 195 g/mol. The first-order chi connectivity index (χ1) is 5.83. The van der Waals surface area contributed by atoms with Gasteiger partial charge in [0.05, 0.1) is 11.2 Å². The summed E-state index contributed by atoms with van der Waals surface area (Å²) >= 11 is 3.77. The number of halogens is 1. The van der Waals surface area contributed by atoms with Crippen LogP contribution in [0.2, 0.25) is 0 Å². The van der Waals surface area contributed by atoms with Crippen molar-refractivity contribution in [2.24, 2.45) is 0 Å². The van der Waals surface area contributed by atoms with Crippen LogP contribution < -0.4 is 0 Å². The molecule has 4 heteroatoms. The third-order valence-electron chi connectivity index (χ3n) is 1.58. The van der Waals surface area contributed by atoms with E-state index in [4.69, 9.17) is 5.11 Å². The van der Waals surface area contributed by atoms with Crippen molar-refractivity contribution in [3.8, 4) is 0 Å². The first-order valence-electron chi connectivity index (χ1n) is 4.01.